The van der Waals surface area contributed by atoms with Gasteiger partial charge in [0.15, 0.2) is 0 Å². The van der Waals surface area contributed by atoms with Crippen molar-refractivity contribution in [1.82, 2.24) is 24.9 Å². The van der Waals surface area contributed by atoms with Crippen molar-refractivity contribution in [3.8, 4) is 0 Å². The summed E-state index contributed by atoms with van der Waals surface area (Å²) in [5.41, 5.74) is 1.47. The number of rotatable bonds is 6. The third-order valence-corrected chi connectivity index (χ3v) is 7.36. The van der Waals surface area contributed by atoms with E-state index in [1.165, 1.54) is 10.2 Å². The van der Waals surface area contributed by atoms with Crippen LogP contribution in [0.5, 0.6) is 0 Å². The third-order valence-electron chi connectivity index (χ3n) is 7.36. The largest absolute Gasteiger partial charge is 0.442 e. The summed E-state index contributed by atoms with van der Waals surface area (Å²) in [6.45, 7) is 15.6. The van der Waals surface area contributed by atoms with Crippen molar-refractivity contribution >= 4 is 17.8 Å². The highest BCUT2D eigenvalue weighted by Gasteiger charge is 2.39. The summed E-state index contributed by atoms with van der Waals surface area (Å²) in [6.07, 6.45) is 4.83. The van der Waals surface area contributed by atoms with Crippen LogP contribution in [-0.2, 0) is 15.8 Å². The van der Waals surface area contributed by atoms with E-state index < -0.39 is 17.2 Å². The molecule has 1 aromatic carbocycles. The highest BCUT2D eigenvalue weighted by molar-refractivity contribution is 5.99. The molecule has 0 radical (unpaired) electrons. The zero-order valence-electron chi connectivity index (χ0n) is 23.8. The number of hydrogen-bond acceptors (Lipinski definition) is 6. The van der Waals surface area contributed by atoms with Gasteiger partial charge in [-0.15, -0.1) is 0 Å². The molecular weight excluding hydrogens is 480 g/mol. The second-order valence-corrected chi connectivity index (χ2v) is 11.7. The molecule has 0 spiro atoms. The molecule has 1 unspecified atom stereocenters. The molecule has 1 atom stereocenters. The van der Waals surface area contributed by atoms with Gasteiger partial charge in [-0.3, -0.25) is 4.79 Å². The first-order valence-corrected chi connectivity index (χ1v) is 13.3. The van der Waals surface area contributed by atoms with E-state index in [1.54, 1.807) is 12.4 Å². The number of nitrogens with zero attached hydrogens (tertiary/aromatic N) is 4. The number of carbonyl (C=O) groups excluding carboxylic acids is 2. The molecule has 3 heterocycles. The summed E-state index contributed by atoms with van der Waals surface area (Å²) < 4.78 is 8.63. The maximum Gasteiger partial charge on any atom is 0.435 e. The molecule has 2 N–H and O–H groups in total. The zero-order valence-corrected chi connectivity index (χ0v) is 23.8. The lowest BCUT2D eigenvalue weighted by Crippen LogP contribution is -2.46. The minimum atomic E-state index is -0.723. The fourth-order valence-electron chi connectivity index (χ4n) is 5.29. The summed E-state index contributed by atoms with van der Waals surface area (Å²) in [5, 5.41) is 15.9. The standard InChI is InChI=1S/C29H40N6O3/c1-9-29(10-2,22-18-34(33-19(22)3)26(37)38-27(4,5)6)32-25(36)21-17-30-35-24(21)31-23(16-28(35,7)8)20-14-12-11-13-15-20/h11-15,17-18,23,31H,9-10,16H2,1-8H3,(H,32,36). The summed E-state index contributed by atoms with van der Waals surface area (Å²) in [7, 11) is 0. The Kier molecular flexibility index (Phi) is 7.16. The van der Waals surface area contributed by atoms with Crippen molar-refractivity contribution in [2.45, 2.75) is 97.4 Å². The van der Waals surface area contributed by atoms with Gasteiger partial charge in [0.05, 0.1) is 29.0 Å². The first-order chi connectivity index (χ1) is 17.8. The molecule has 0 fully saturated rings. The van der Waals surface area contributed by atoms with Crippen LogP contribution < -0.4 is 10.6 Å². The average molecular weight is 521 g/mol. The van der Waals surface area contributed by atoms with Gasteiger partial charge in [0.1, 0.15) is 17.0 Å². The van der Waals surface area contributed by atoms with Gasteiger partial charge < -0.3 is 15.4 Å². The summed E-state index contributed by atoms with van der Waals surface area (Å²) in [6, 6.07) is 10.3. The highest BCUT2D eigenvalue weighted by Crippen LogP contribution is 2.40. The van der Waals surface area contributed by atoms with E-state index >= 15 is 0 Å². The lowest BCUT2D eigenvalue weighted by atomic mass is 9.84. The molecule has 0 saturated carbocycles. The van der Waals surface area contributed by atoms with Gasteiger partial charge in [0.25, 0.3) is 5.91 Å². The van der Waals surface area contributed by atoms with E-state index in [1.807, 2.05) is 64.4 Å². The van der Waals surface area contributed by atoms with Gasteiger partial charge in [0, 0.05) is 11.8 Å². The molecule has 0 saturated heterocycles. The zero-order chi connectivity index (χ0) is 27.9. The molecule has 1 aliphatic heterocycles. The average Bonchev–Trinajstić information content (AvgIpc) is 3.46. The number of ether oxygens (including phenoxy) is 1. The molecule has 38 heavy (non-hydrogen) atoms. The Morgan fingerprint density at radius 2 is 1.82 bits per heavy atom. The molecule has 1 aliphatic rings. The van der Waals surface area contributed by atoms with Gasteiger partial charge in [-0.05, 0) is 66.4 Å². The lowest BCUT2D eigenvalue weighted by Gasteiger charge is -2.38. The van der Waals surface area contributed by atoms with Crippen LogP contribution in [0, 0.1) is 6.92 Å². The Bertz CT molecular complexity index is 1310. The van der Waals surface area contributed by atoms with E-state index in [-0.39, 0.29) is 17.5 Å². The number of anilines is 1. The predicted molar refractivity (Wildman–Crippen MR) is 147 cm³/mol. The van der Waals surface area contributed by atoms with Crippen molar-refractivity contribution in [3.63, 3.8) is 0 Å². The van der Waals surface area contributed by atoms with Gasteiger partial charge in [0.2, 0.25) is 0 Å². The normalized spacial score (nSPS) is 16.9. The Hall–Kier alpha value is -3.62. The maximum absolute atomic E-state index is 13.9. The smallest absolute Gasteiger partial charge is 0.435 e. The Balaban J connectivity index is 1.66. The van der Waals surface area contributed by atoms with Gasteiger partial charge >= 0.3 is 6.09 Å². The summed E-state index contributed by atoms with van der Waals surface area (Å²) in [4.78, 5) is 26.5. The van der Waals surface area contributed by atoms with Crippen LogP contribution in [0.1, 0.15) is 101 Å². The second kappa shape index (κ2) is 9.93. The van der Waals surface area contributed by atoms with E-state index in [0.717, 1.165) is 12.0 Å². The van der Waals surface area contributed by atoms with Crippen LogP contribution in [0.15, 0.2) is 42.7 Å². The molecule has 1 amide bonds. The van der Waals surface area contributed by atoms with E-state index in [4.69, 9.17) is 4.74 Å². The van der Waals surface area contributed by atoms with Crippen molar-refractivity contribution in [3.05, 3.63) is 65.1 Å². The Labute approximate surface area is 224 Å². The number of aryl methyl sites for hydroxylation is 1. The fraction of sp³-hybridized carbons (Fsp3) is 0.517. The molecule has 3 aromatic rings. The molecule has 0 bridgehead atoms. The van der Waals surface area contributed by atoms with Crippen molar-refractivity contribution in [1.29, 1.82) is 0 Å². The number of hydrogen-bond donors (Lipinski definition) is 2. The molecule has 204 valence electrons. The Morgan fingerprint density at radius 1 is 1.16 bits per heavy atom. The predicted octanol–water partition coefficient (Wildman–Crippen LogP) is 5.91. The topological polar surface area (TPSA) is 103 Å². The molecule has 9 nitrogen and oxygen atoms in total. The highest BCUT2D eigenvalue weighted by atomic mass is 16.6. The minimum Gasteiger partial charge on any atom is -0.442 e. The number of aromatic nitrogens is 4. The third kappa shape index (κ3) is 5.19. The summed E-state index contributed by atoms with van der Waals surface area (Å²) in [5.74, 6) is 0.478. The van der Waals surface area contributed by atoms with Gasteiger partial charge in [-0.1, -0.05) is 44.2 Å². The van der Waals surface area contributed by atoms with Crippen molar-refractivity contribution < 1.29 is 14.3 Å². The maximum atomic E-state index is 13.9. The molecule has 2 aromatic heterocycles. The summed E-state index contributed by atoms with van der Waals surface area (Å²) >= 11 is 0. The number of carbonyl (C=O) groups is 2. The van der Waals surface area contributed by atoms with Crippen LogP contribution in [0.3, 0.4) is 0 Å². The van der Waals surface area contributed by atoms with E-state index in [2.05, 4.69) is 46.8 Å². The quantitative estimate of drug-likeness (QED) is 0.419. The lowest BCUT2D eigenvalue weighted by molar-refractivity contribution is 0.0513. The first-order valence-electron chi connectivity index (χ1n) is 13.3. The number of benzene rings is 1. The first kappa shape index (κ1) is 27.4. The number of amides is 1. The van der Waals surface area contributed by atoms with Crippen LogP contribution in [-0.4, -0.2) is 37.2 Å². The minimum absolute atomic E-state index is 0.0540. The fourth-order valence-corrected chi connectivity index (χ4v) is 5.29. The molecule has 0 aliphatic carbocycles. The van der Waals surface area contributed by atoms with Crippen LogP contribution in [0.4, 0.5) is 10.6 Å². The van der Waals surface area contributed by atoms with Crippen molar-refractivity contribution in [2.75, 3.05) is 5.32 Å². The molecular formula is C29H40N6O3. The van der Waals surface area contributed by atoms with Crippen LogP contribution in [0.2, 0.25) is 0 Å². The molecule has 9 heteroatoms. The van der Waals surface area contributed by atoms with Crippen molar-refractivity contribution in [2.24, 2.45) is 0 Å². The van der Waals surface area contributed by atoms with E-state index in [0.29, 0.717) is 29.9 Å². The van der Waals surface area contributed by atoms with Crippen LogP contribution >= 0.6 is 0 Å². The molecule has 4 rings (SSSR count). The number of fused-ring (bicyclic) bond motifs is 1. The monoisotopic (exact) mass is 520 g/mol. The number of nitrogens with one attached hydrogen (secondary N) is 2. The SMILES string of the molecule is CCC(CC)(NC(=O)c1cnn2c1NC(c1ccccc1)CC2(C)C)c1cn(C(=O)OC(C)(C)C)nc1C. The van der Waals surface area contributed by atoms with Crippen LogP contribution in [0.25, 0.3) is 0 Å². The van der Waals surface area contributed by atoms with E-state index in [9.17, 15) is 9.59 Å². The van der Waals surface area contributed by atoms with Gasteiger partial charge in [-0.25, -0.2) is 9.48 Å². The van der Waals surface area contributed by atoms with Gasteiger partial charge in [-0.2, -0.15) is 14.9 Å². The second-order valence-electron chi connectivity index (χ2n) is 11.7. The Morgan fingerprint density at radius 3 is 2.42 bits per heavy atom.